The minimum Gasteiger partial charge on any atom is -0.324 e. The number of hydrogen-bond acceptors (Lipinski definition) is 2. The van der Waals surface area contributed by atoms with Gasteiger partial charge in [-0.05, 0) is 6.26 Å². The summed E-state index contributed by atoms with van der Waals surface area (Å²) in [6, 6.07) is 0. The van der Waals surface area contributed by atoms with Crippen molar-refractivity contribution < 1.29 is 0 Å². The Morgan fingerprint density at radius 1 is 1.88 bits per heavy atom. The first-order valence-electron chi connectivity index (χ1n) is 2.07. The van der Waals surface area contributed by atoms with Gasteiger partial charge in [-0.3, -0.25) is 0 Å². The van der Waals surface area contributed by atoms with Crippen LogP contribution in [0.1, 0.15) is 0 Å². The Hall–Kier alpha value is -0.150. The van der Waals surface area contributed by atoms with Gasteiger partial charge in [0.2, 0.25) is 0 Å². The maximum atomic E-state index is 5.51. The van der Waals surface area contributed by atoms with Crippen molar-refractivity contribution in [2.75, 3.05) is 6.26 Å². The van der Waals surface area contributed by atoms with Crippen LogP contribution in [0.5, 0.6) is 0 Å². The molecule has 1 N–H and O–H groups in total. The Balaban J connectivity index is 2.84. The maximum Gasteiger partial charge on any atom is 0.166 e. The molecule has 0 aliphatic rings. The van der Waals surface area contributed by atoms with Crippen molar-refractivity contribution in [2.24, 2.45) is 0 Å². The van der Waals surface area contributed by atoms with Crippen LogP contribution in [-0.2, 0) is 0 Å². The summed E-state index contributed by atoms with van der Waals surface area (Å²) in [5, 5.41) is 1.45. The predicted octanol–water partition coefficient (Wildman–Crippen LogP) is 1.78. The number of nitrogens with zero attached hydrogens (tertiary/aromatic N) is 1. The first kappa shape index (κ1) is 5.98. The van der Waals surface area contributed by atoms with Crippen molar-refractivity contribution >= 4 is 23.4 Å². The molecule has 0 aliphatic carbocycles. The number of imidazole rings is 1. The highest BCUT2D eigenvalue weighted by Gasteiger charge is 1.91. The largest absolute Gasteiger partial charge is 0.324 e. The molecule has 0 radical (unpaired) electrons. The lowest BCUT2D eigenvalue weighted by Gasteiger charge is -1.80. The Bertz CT molecular complexity index is 174. The van der Waals surface area contributed by atoms with Crippen LogP contribution in [0.3, 0.4) is 0 Å². The molecule has 1 aromatic heterocycles. The van der Waals surface area contributed by atoms with Crippen molar-refractivity contribution in [1.82, 2.24) is 9.97 Å². The van der Waals surface area contributed by atoms with Gasteiger partial charge in [-0.1, -0.05) is 23.4 Å². The molecule has 0 bridgehead atoms. The Kier molecular flexibility index (Phi) is 1.81. The molecule has 0 saturated carbocycles. The second-order valence-electron chi connectivity index (χ2n) is 1.24. The van der Waals surface area contributed by atoms with Gasteiger partial charge in [-0.15, -0.1) is 0 Å². The average molecular weight is 149 g/mol. The summed E-state index contributed by atoms with van der Waals surface area (Å²) in [5.41, 5.74) is 0. The van der Waals surface area contributed by atoms with Crippen LogP contribution < -0.4 is 0 Å². The van der Waals surface area contributed by atoms with Gasteiger partial charge in [0.15, 0.2) is 5.16 Å². The lowest BCUT2D eigenvalue weighted by atomic mass is 11.0. The summed E-state index contributed by atoms with van der Waals surface area (Å²) in [6.45, 7) is 0. The standard InChI is InChI=1S/C4H5ClN2S/c1-8-4-6-2-3(5)7-4/h2H,1H3,(H,6,7). The molecule has 0 spiro atoms. The third kappa shape index (κ3) is 1.17. The van der Waals surface area contributed by atoms with E-state index in [0.717, 1.165) is 5.16 Å². The molecule has 0 fully saturated rings. The Labute approximate surface area is 56.7 Å². The molecule has 1 aromatic rings. The fourth-order valence-corrected chi connectivity index (χ4v) is 0.950. The number of aromatic nitrogens is 2. The SMILES string of the molecule is CSc1ncc(Cl)[nH]1. The van der Waals surface area contributed by atoms with Crippen LogP contribution in [0.4, 0.5) is 0 Å². The van der Waals surface area contributed by atoms with E-state index < -0.39 is 0 Å². The number of nitrogens with one attached hydrogen (secondary N) is 1. The van der Waals surface area contributed by atoms with Crippen LogP contribution in [0.2, 0.25) is 5.15 Å². The van der Waals surface area contributed by atoms with E-state index >= 15 is 0 Å². The first-order chi connectivity index (χ1) is 3.83. The van der Waals surface area contributed by atoms with Gasteiger partial charge < -0.3 is 4.98 Å². The molecule has 4 heteroatoms. The summed E-state index contributed by atoms with van der Waals surface area (Å²) < 4.78 is 0. The molecule has 1 heterocycles. The fraction of sp³-hybridized carbons (Fsp3) is 0.250. The third-order valence-corrected chi connectivity index (χ3v) is 1.50. The lowest BCUT2D eigenvalue weighted by Crippen LogP contribution is -1.67. The van der Waals surface area contributed by atoms with Crippen molar-refractivity contribution in [3.63, 3.8) is 0 Å². The van der Waals surface area contributed by atoms with E-state index in [2.05, 4.69) is 9.97 Å². The Morgan fingerprint density at radius 2 is 2.62 bits per heavy atom. The summed E-state index contributed by atoms with van der Waals surface area (Å²) in [6.07, 6.45) is 3.53. The molecule has 0 unspecified atom stereocenters. The highest BCUT2D eigenvalue weighted by atomic mass is 35.5. The normalized spacial score (nSPS) is 9.75. The van der Waals surface area contributed by atoms with Gasteiger partial charge in [-0.25, -0.2) is 4.98 Å². The quantitative estimate of drug-likeness (QED) is 0.616. The highest BCUT2D eigenvalue weighted by Crippen LogP contribution is 2.11. The number of hydrogen-bond donors (Lipinski definition) is 1. The zero-order valence-electron chi connectivity index (χ0n) is 4.31. The monoisotopic (exact) mass is 148 g/mol. The van der Waals surface area contributed by atoms with Gasteiger partial charge in [0, 0.05) is 0 Å². The van der Waals surface area contributed by atoms with E-state index in [1.165, 1.54) is 11.8 Å². The zero-order valence-corrected chi connectivity index (χ0v) is 5.88. The second-order valence-corrected chi connectivity index (χ2v) is 2.44. The number of halogens is 1. The maximum absolute atomic E-state index is 5.51. The Morgan fingerprint density at radius 3 is 2.88 bits per heavy atom. The molecule has 1 rings (SSSR count). The molecule has 44 valence electrons. The fourth-order valence-electron chi connectivity index (χ4n) is 0.386. The highest BCUT2D eigenvalue weighted by molar-refractivity contribution is 7.98. The van der Waals surface area contributed by atoms with Crippen LogP contribution in [0.15, 0.2) is 11.4 Å². The average Bonchev–Trinajstić information content (AvgIpc) is 2.14. The number of H-pyrrole nitrogens is 1. The molecule has 2 nitrogen and oxygen atoms in total. The van der Waals surface area contributed by atoms with E-state index in [9.17, 15) is 0 Å². The summed E-state index contributed by atoms with van der Waals surface area (Å²) >= 11 is 7.05. The molecule has 0 saturated heterocycles. The first-order valence-corrected chi connectivity index (χ1v) is 3.67. The van der Waals surface area contributed by atoms with Crippen LogP contribution in [-0.4, -0.2) is 16.2 Å². The molecule has 0 amide bonds. The van der Waals surface area contributed by atoms with Crippen LogP contribution in [0, 0.1) is 0 Å². The van der Waals surface area contributed by atoms with Gasteiger partial charge in [0.1, 0.15) is 5.15 Å². The topological polar surface area (TPSA) is 28.7 Å². The van der Waals surface area contributed by atoms with Gasteiger partial charge in [0.25, 0.3) is 0 Å². The smallest absolute Gasteiger partial charge is 0.166 e. The lowest BCUT2D eigenvalue weighted by molar-refractivity contribution is 1.06. The molecular formula is C4H5ClN2S. The van der Waals surface area contributed by atoms with E-state index in [4.69, 9.17) is 11.6 Å². The summed E-state index contributed by atoms with van der Waals surface area (Å²) in [7, 11) is 0. The zero-order chi connectivity index (χ0) is 5.98. The minimum atomic E-state index is 0.592. The van der Waals surface area contributed by atoms with Crippen LogP contribution in [0.25, 0.3) is 0 Å². The molecule has 0 aliphatic heterocycles. The summed E-state index contributed by atoms with van der Waals surface area (Å²) in [4.78, 5) is 6.75. The van der Waals surface area contributed by atoms with Crippen molar-refractivity contribution in [3.8, 4) is 0 Å². The van der Waals surface area contributed by atoms with Gasteiger partial charge in [-0.2, -0.15) is 0 Å². The van der Waals surface area contributed by atoms with Crippen molar-refractivity contribution in [3.05, 3.63) is 11.3 Å². The van der Waals surface area contributed by atoms with Crippen molar-refractivity contribution in [2.45, 2.75) is 5.16 Å². The molecule has 0 atom stereocenters. The van der Waals surface area contributed by atoms with E-state index in [0.29, 0.717) is 5.15 Å². The minimum absolute atomic E-state index is 0.592. The van der Waals surface area contributed by atoms with Crippen molar-refractivity contribution in [1.29, 1.82) is 0 Å². The molecular weight excluding hydrogens is 144 g/mol. The summed E-state index contributed by atoms with van der Waals surface area (Å²) in [5.74, 6) is 0. The van der Waals surface area contributed by atoms with E-state index in [1.54, 1.807) is 6.20 Å². The number of rotatable bonds is 1. The van der Waals surface area contributed by atoms with Gasteiger partial charge in [0.05, 0.1) is 6.20 Å². The number of aromatic amines is 1. The molecule has 8 heavy (non-hydrogen) atoms. The molecule has 0 aromatic carbocycles. The second kappa shape index (κ2) is 2.42. The van der Waals surface area contributed by atoms with Gasteiger partial charge >= 0.3 is 0 Å². The van der Waals surface area contributed by atoms with E-state index in [-0.39, 0.29) is 0 Å². The predicted molar refractivity (Wildman–Crippen MR) is 35.4 cm³/mol. The van der Waals surface area contributed by atoms with E-state index in [1.807, 2.05) is 6.26 Å². The third-order valence-electron chi connectivity index (χ3n) is 0.715. The number of thioether (sulfide) groups is 1. The van der Waals surface area contributed by atoms with Crippen LogP contribution >= 0.6 is 23.4 Å².